The van der Waals surface area contributed by atoms with E-state index in [1.165, 1.54) is 11.6 Å². The Bertz CT molecular complexity index is 1230. The van der Waals surface area contributed by atoms with E-state index in [2.05, 4.69) is 20.8 Å². The fourth-order valence-electron chi connectivity index (χ4n) is 3.96. The van der Waals surface area contributed by atoms with Crippen molar-refractivity contribution < 1.29 is 14.5 Å². The molecule has 10 nitrogen and oxygen atoms in total. The van der Waals surface area contributed by atoms with Gasteiger partial charge in [0.25, 0.3) is 11.6 Å². The number of nitrogens with one attached hydrogen (secondary N) is 3. The molecule has 182 valence electrons. The van der Waals surface area contributed by atoms with Crippen molar-refractivity contribution in [2.24, 2.45) is 0 Å². The minimum Gasteiger partial charge on any atom is -0.378 e. The van der Waals surface area contributed by atoms with Gasteiger partial charge in [0.05, 0.1) is 23.8 Å². The van der Waals surface area contributed by atoms with Gasteiger partial charge in [-0.1, -0.05) is 12.1 Å². The third-order valence-electron chi connectivity index (χ3n) is 5.89. The van der Waals surface area contributed by atoms with E-state index in [-0.39, 0.29) is 16.4 Å². The number of nitrogens with zero attached hydrogens (tertiary/aromatic N) is 3. The molecule has 4 rings (SSSR count). The normalized spacial score (nSPS) is 13.4. The number of hydrogen-bond donors (Lipinski definition) is 3. The van der Waals surface area contributed by atoms with Gasteiger partial charge in [-0.15, -0.1) is 0 Å². The Kier molecular flexibility index (Phi) is 7.37. The zero-order valence-corrected chi connectivity index (χ0v) is 20.3. The number of amides is 1. The number of aromatic nitrogens is 2. The number of nitro benzene ring substituents is 1. The number of H-pyrrole nitrogens is 1. The number of carbonyl (C=O) groups is 1. The molecule has 0 radical (unpaired) electrons. The Hall–Kier alpha value is -3.83. The molecule has 11 heteroatoms. The summed E-state index contributed by atoms with van der Waals surface area (Å²) in [5, 5.41) is 24.5. The first-order valence-corrected chi connectivity index (χ1v) is 11.6. The smallest absolute Gasteiger partial charge is 0.293 e. The third kappa shape index (κ3) is 5.81. The van der Waals surface area contributed by atoms with Gasteiger partial charge in [0.1, 0.15) is 5.69 Å². The molecule has 0 atom stereocenters. The number of benzene rings is 2. The van der Waals surface area contributed by atoms with Gasteiger partial charge in [-0.2, -0.15) is 5.10 Å². The minimum atomic E-state index is -0.526. The highest BCUT2D eigenvalue weighted by Crippen LogP contribution is 2.30. The number of thiocarbonyl (C=S) groups is 1. The predicted molar refractivity (Wildman–Crippen MR) is 137 cm³/mol. The molecule has 1 aliphatic heterocycles. The molecule has 0 unspecified atom stereocenters. The highest BCUT2D eigenvalue weighted by molar-refractivity contribution is 7.80. The predicted octanol–water partition coefficient (Wildman–Crippen LogP) is 3.49. The molecule has 0 bridgehead atoms. The van der Waals surface area contributed by atoms with E-state index in [0.29, 0.717) is 37.7 Å². The Labute approximate surface area is 207 Å². The lowest BCUT2D eigenvalue weighted by molar-refractivity contribution is -0.384. The monoisotopic (exact) mass is 494 g/mol. The summed E-state index contributed by atoms with van der Waals surface area (Å²) in [5.74, 6) is -0.526. The lowest BCUT2D eigenvalue weighted by Gasteiger charge is -2.28. The van der Waals surface area contributed by atoms with Crippen LogP contribution in [-0.4, -0.2) is 52.4 Å². The number of nitro groups is 1. The maximum absolute atomic E-state index is 12.7. The molecule has 2 aromatic carbocycles. The second kappa shape index (κ2) is 10.6. The summed E-state index contributed by atoms with van der Waals surface area (Å²) in [6.07, 6.45) is 0.759. The van der Waals surface area contributed by atoms with Gasteiger partial charge in [-0.05, 0) is 55.9 Å². The molecule has 3 aromatic rings. The molecule has 1 saturated heterocycles. The molecule has 35 heavy (non-hydrogen) atoms. The first-order valence-electron chi connectivity index (χ1n) is 11.1. The van der Waals surface area contributed by atoms with Crippen LogP contribution in [0.3, 0.4) is 0 Å². The summed E-state index contributed by atoms with van der Waals surface area (Å²) < 4.78 is 5.31. The van der Waals surface area contributed by atoms with Crippen LogP contribution in [0.4, 0.5) is 17.1 Å². The molecular formula is C24H26N6O4S. The van der Waals surface area contributed by atoms with Crippen LogP contribution in [0.1, 0.15) is 32.9 Å². The van der Waals surface area contributed by atoms with Crippen molar-refractivity contribution in [3.63, 3.8) is 0 Å². The summed E-state index contributed by atoms with van der Waals surface area (Å²) in [5.41, 5.74) is 5.52. The van der Waals surface area contributed by atoms with Crippen molar-refractivity contribution in [2.75, 3.05) is 36.5 Å². The Balaban J connectivity index is 1.38. The molecular weight excluding hydrogens is 468 g/mol. The van der Waals surface area contributed by atoms with Crippen LogP contribution < -0.4 is 15.5 Å². The first-order chi connectivity index (χ1) is 16.8. The van der Waals surface area contributed by atoms with Crippen molar-refractivity contribution in [1.29, 1.82) is 0 Å². The van der Waals surface area contributed by atoms with Gasteiger partial charge < -0.3 is 15.0 Å². The van der Waals surface area contributed by atoms with Crippen molar-refractivity contribution in [3.8, 4) is 0 Å². The maximum atomic E-state index is 12.7. The van der Waals surface area contributed by atoms with Gasteiger partial charge in [0.15, 0.2) is 5.11 Å². The van der Waals surface area contributed by atoms with Gasteiger partial charge in [0, 0.05) is 48.1 Å². The van der Waals surface area contributed by atoms with Gasteiger partial charge in [-0.25, -0.2) is 0 Å². The Morgan fingerprint density at radius 3 is 2.54 bits per heavy atom. The number of carbonyl (C=O) groups excluding carboxylic acids is 1. The lowest BCUT2D eigenvalue weighted by Crippen LogP contribution is -2.37. The van der Waals surface area contributed by atoms with Crippen LogP contribution in [0.5, 0.6) is 0 Å². The summed E-state index contributed by atoms with van der Waals surface area (Å²) in [6.45, 7) is 6.09. The summed E-state index contributed by atoms with van der Waals surface area (Å²) in [6, 6.07) is 12.1. The van der Waals surface area contributed by atoms with E-state index < -0.39 is 10.8 Å². The largest absolute Gasteiger partial charge is 0.378 e. The standard InChI is InChI=1S/C24H26N6O4S/c1-15-20(16(2)28-27-15)13-17-3-6-19(7-4-17)25-24(35)26-23(31)18-5-8-21(22(14-18)30(32)33)29-9-11-34-12-10-29/h3-8,14H,9-13H2,1-2H3,(H,27,28)(H2,25,26,31,35). The van der Waals surface area contributed by atoms with Crippen LogP contribution in [0, 0.1) is 24.0 Å². The van der Waals surface area contributed by atoms with E-state index in [1.807, 2.05) is 43.0 Å². The van der Waals surface area contributed by atoms with E-state index in [9.17, 15) is 14.9 Å². The number of anilines is 2. The van der Waals surface area contributed by atoms with Crippen LogP contribution in [0.25, 0.3) is 0 Å². The molecule has 1 fully saturated rings. The SMILES string of the molecule is Cc1n[nH]c(C)c1Cc1ccc(NC(=S)NC(=O)c2ccc(N3CCOCC3)c([N+](=O)[O-])c2)cc1. The van der Waals surface area contributed by atoms with Gasteiger partial charge >= 0.3 is 0 Å². The van der Waals surface area contributed by atoms with Crippen LogP contribution >= 0.6 is 12.2 Å². The van der Waals surface area contributed by atoms with E-state index in [4.69, 9.17) is 17.0 Å². The molecule has 0 aliphatic carbocycles. The second-order valence-electron chi connectivity index (χ2n) is 8.25. The summed E-state index contributed by atoms with van der Waals surface area (Å²) in [7, 11) is 0. The number of ether oxygens (including phenoxy) is 1. The number of morpholine rings is 1. The van der Waals surface area contributed by atoms with E-state index in [0.717, 1.165) is 23.4 Å². The first kappa shape index (κ1) is 24.3. The number of rotatable bonds is 6. The third-order valence-corrected chi connectivity index (χ3v) is 6.09. The maximum Gasteiger partial charge on any atom is 0.293 e. The zero-order chi connectivity index (χ0) is 24.9. The lowest BCUT2D eigenvalue weighted by atomic mass is 10.0. The fourth-order valence-corrected chi connectivity index (χ4v) is 4.18. The Morgan fingerprint density at radius 2 is 1.91 bits per heavy atom. The second-order valence-corrected chi connectivity index (χ2v) is 8.66. The average Bonchev–Trinajstić information content (AvgIpc) is 3.17. The highest BCUT2D eigenvalue weighted by atomic mass is 32.1. The van der Waals surface area contributed by atoms with Gasteiger partial charge in [-0.3, -0.25) is 25.3 Å². The zero-order valence-electron chi connectivity index (χ0n) is 19.5. The topological polar surface area (TPSA) is 125 Å². The molecule has 1 aliphatic rings. The molecule has 0 saturated carbocycles. The summed E-state index contributed by atoms with van der Waals surface area (Å²) in [4.78, 5) is 25.7. The van der Waals surface area contributed by atoms with Gasteiger partial charge in [0.2, 0.25) is 0 Å². The molecule has 1 amide bonds. The van der Waals surface area contributed by atoms with Crippen molar-refractivity contribution >= 4 is 40.3 Å². The van der Waals surface area contributed by atoms with Crippen molar-refractivity contribution in [1.82, 2.24) is 15.5 Å². The van der Waals surface area contributed by atoms with Crippen LogP contribution in [0.2, 0.25) is 0 Å². The molecule has 2 heterocycles. The number of aromatic amines is 1. The molecule has 1 aromatic heterocycles. The van der Waals surface area contributed by atoms with Crippen molar-refractivity contribution in [2.45, 2.75) is 20.3 Å². The van der Waals surface area contributed by atoms with E-state index in [1.54, 1.807) is 12.1 Å². The van der Waals surface area contributed by atoms with E-state index >= 15 is 0 Å². The van der Waals surface area contributed by atoms with Crippen LogP contribution in [-0.2, 0) is 11.2 Å². The number of hydrogen-bond acceptors (Lipinski definition) is 7. The average molecular weight is 495 g/mol. The molecule has 3 N–H and O–H groups in total. The number of aryl methyl sites for hydroxylation is 2. The highest BCUT2D eigenvalue weighted by Gasteiger charge is 2.23. The Morgan fingerprint density at radius 1 is 1.20 bits per heavy atom. The quantitative estimate of drug-likeness (QED) is 0.270. The molecule has 0 spiro atoms. The van der Waals surface area contributed by atoms with Crippen molar-refractivity contribution in [3.05, 3.63) is 80.7 Å². The minimum absolute atomic E-state index is 0.101. The van der Waals surface area contributed by atoms with Crippen LogP contribution in [0.15, 0.2) is 42.5 Å². The fraction of sp³-hybridized carbons (Fsp3) is 0.292. The summed E-state index contributed by atoms with van der Waals surface area (Å²) >= 11 is 5.27.